The van der Waals surface area contributed by atoms with Gasteiger partial charge in [-0.1, -0.05) is 6.92 Å². The van der Waals surface area contributed by atoms with Crippen LogP contribution in [-0.4, -0.2) is 27.6 Å². The van der Waals surface area contributed by atoms with Gasteiger partial charge in [0.2, 0.25) is 0 Å². The van der Waals surface area contributed by atoms with Gasteiger partial charge < -0.3 is 10.4 Å². The molecule has 1 atom stereocenters. The molecule has 5 heteroatoms. The number of hydrogen-bond donors (Lipinski definition) is 2. The number of rotatable bonds is 6. The van der Waals surface area contributed by atoms with Gasteiger partial charge in [0.05, 0.1) is 5.69 Å². The molecule has 0 aliphatic carbocycles. The smallest absolute Gasteiger partial charge is 0.193 e. The SMILES string of the molecule is CC(CCO)CNCc1cn2ccsc2n1. The van der Waals surface area contributed by atoms with Crippen molar-refractivity contribution in [3.05, 3.63) is 23.5 Å². The van der Waals surface area contributed by atoms with Crippen molar-refractivity contribution >= 4 is 16.3 Å². The lowest BCUT2D eigenvalue weighted by Crippen LogP contribution is -2.21. The fourth-order valence-corrected chi connectivity index (χ4v) is 2.35. The van der Waals surface area contributed by atoms with E-state index in [4.69, 9.17) is 5.11 Å². The quantitative estimate of drug-likeness (QED) is 0.803. The second-order valence-electron chi connectivity index (χ2n) is 4.07. The van der Waals surface area contributed by atoms with Crippen LogP contribution in [0.5, 0.6) is 0 Å². The van der Waals surface area contributed by atoms with Gasteiger partial charge >= 0.3 is 0 Å². The number of aliphatic hydroxyl groups is 1. The number of nitrogens with one attached hydrogen (secondary N) is 1. The first-order valence-corrected chi connectivity index (χ1v) is 6.40. The van der Waals surface area contributed by atoms with Crippen LogP contribution in [0.15, 0.2) is 17.8 Å². The molecule has 0 spiro atoms. The van der Waals surface area contributed by atoms with Gasteiger partial charge in [0.25, 0.3) is 0 Å². The van der Waals surface area contributed by atoms with E-state index in [2.05, 4.69) is 23.4 Å². The van der Waals surface area contributed by atoms with Gasteiger partial charge in [0, 0.05) is 30.9 Å². The minimum Gasteiger partial charge on any atom is -0.396 e. The highest BCUT2D eigenvalue weighted by Crippen LogP contribution is 2.11. The maximum atomic E-state index is 8.78. The Bertz CT molecular complexity index is 409. The molecular weight excluding hydrogens is 222 g/mol. The Balaban J connectivity index is 1.80. The fraction of sp³-hybridized carbons (Fsp3) is 0.545. The topological polar surface area (TPSA) is 49.6 Å². The van der Waals surface area contributed by atoms with Crippen molar-refractivity contribution in [2.24, 2.45) is 5.92 Å². The van der Waals surface area contributed by atoms with E-state index in [1.807, 2.05) is 16.0 Å². The maximum absolute atomic E-state index is 8.78. The fourth-order valence-electron chi connectivity index (χ4n) is 1.63. The minimum atomic E-state index is 0.267. The van der Waals surface area contributed by atoms with Gasteiger partial charge in [-0.3, -0.25) is 4.40 Å². The first-order valence-electron chi connectivity index (χ1n) is 5.52. The van der Waals surface area contributed by atoms with Crippen molar-refractivity contribution in [3.63, 3.8) is 0 Å². The van der Waals surface area contributed by atoms with E-state index in [-0.39, 0.29) is 6.61 Å². The molecular formula is C11H17N3OS. The van der Waals surface area contributed by atoms with Crippen LogP contribution in [0.25, 0.3) is 4.96 Å². The Labute approximate surface area is 98.9 Å². The predicted octanol–water partition coefficient (Wildman–Crippen LogP) is 1.50. The van der Waals surface area contributed by atoms with Crippen LogP contribution >= 0.6 is 11.3 Å². The molecule has 2 heterocycles. The van der Waals surface area contributed by atoms with Crippen LogP contribution in [0.1, 0.15) is 19.0 Å². The first kappa shape index (κ1) is 11.6. The van der Waals surface area contributed by atoms with Crippen molar-refractivity contribution in [1.29, 1.82) is 0 Å². The average molecular weight is 239 g/mol. The Morgan fingerprint density at radius 2 is 2.50 bits per heavy atom. The summed E-state index contributed by atoms with van der Waals surface area (Å²) in [4.78, 5) is 5.53. The second kappa shape index (κ2) is 5.43. The van der Waals surface area contributed by atoms with E-state index in [0.717, 1.165) is 30.2 Å². The van der Waals surface area contributed by atoms with Crippen molar-refractivity contribution in [1.82, 2.24) is 14.7 Å². The standard InChI is InChI=1S/C11H17N3OS/c1-9(2-4-15)6-12-7-10-8-14-3-5-16-11(14)13-10/h3,5,8-9,12,15H,2,4,6-7H2,1H3. The summed E-state index contributed by atoms with van der Waals surface area (Å²) in [5, 5.41) is 14.2. The number of fused-ring (bicyclic) bond motifs is 1. The number of aromatic nitrogens is 2. The van der Waals surface area contributed by atoms with Gasteiger partial charge in [-0.05, 0) is 18.9 Å². The van der Waals surface area contributed by atoms with Gasteiger partial charge in [-0.2, -0.15) is 0 Å². The molecule has 0 aromatic carbocycles. The van der Waals surface area contributed by atoms with Crippen LogP contribution in [-0.2, 0) is 6.54 Å². The summed E-state index contributed by atoms with van der Waals surface area (Å²) in [7, 11) is 0. The molecule has 0 aliphatic heterocycles. The number of thiazole rings is 1. The van der Waals surface area contributed by atoms with E-state index in [1.165, 1.54) is 0 Å². The van der Waals surface area contributed by atoms with Crippen LogP contribution in [0.4, 0.5) is 0 Å². The van der Waals surface area contributed by atoms with E-state index < -0.39 is 0 Å². The first-order chi connectivity index (χ1) is 7.79. The molecule has 2 rings (SSSR count). The van der Waals surface area contributed by atoms with E-state index in [9.17, 15) is 0 Å². The Kier molecular flexibility index (Phi) is 3.93. The highest BCUT2D eigenvalue weighted by molar-refractivity contribution is 7.15. The Hall–Kier alpha value is -0.910. The molecule has 0 saturated carbocycles. The minimum absolute atomic E-state index is 0.267. The van der Waals surface area contributed by atoms with Crippen LogP contribution in [0.2, 0.25) is 0 Å². The van der Waals surface area contributed by atoms with Crippen LogP contribution in [0, 0.1) is 5.92 Å². The number of aliphatic hydroxyl groups excluding tert-OH is 1. The van der Waals surface area contributed by atoms with Gasteiger partial charge in [0.15, 0.2) is 4.96 Å². The highest BCUT2D eigenvalue weighted by Gasteiger charge is 2.03. The lowest BCUT2D eigenvalue weighted by atomic mass is 10.1. The molecule has 0 radical (unpaired) electrons. The molecule has 0 bridgehead atoms. The van der Waals surface area contributed by atoms with Gasteiger partial charge in [-0.15, -0.1) is 11.3 Å². The van der Waals surface area contributed by atoms with Crippen molar-refractivity contribution in [3.8, 4) is 0 Å². The molecule has 0 aliphatic rings. The van der Waals surface area contributed by atoms with Crippen molar-refractivity contribution < 1.29 is 5.11 Å². The number of hydrogen-bond acceptors (Lipinski definition) is 4. The van der Waals surface area contributed by atoms with E-state index in [0.29, 0.717) is 5.92 Å². The normalized spacial score (nSPS) is 13.4. The molecule has 2 aromatic rings. The lowest BCUT2D eigenvalue weighted by Gasteiger charge is -2.09. The summed E-state index contributed by atoms with van der Waals surface area (Å²) >= 11 is 1.65. The summed E-state index contributed by atoms with van der Waals surface area (Å²) in [5.41, 5.74) is 1.07. The van der Waals surface area contributed by atoms with Crippen molar-refractivity contribution in [2.75, 3.05) is 13.2 Å². The molecule has 0 amide bonds. The van der Waals surface area contributed by atoms with Crippen molar-refractivity contribution in [2.45, 2.75) is 19.9 Å². The zero-order valence-corrected chi connectivity index (χ0v) is 10.2. The molecule has 0 fully saturated rings. The Morgan fingerprint density at radius 1 is 1.62 bits per heavy atom. The third-order valence-corrected chi connectivity index (χ3v) is 3.33. The highest BCUT2D eigenvalue weighted by atomic mass is 32.1. The van der Waals surface area contributed by atoms with E-state index >= 15 is 0 Å². The zero-order valence-electron chi connectivity index (χ0n) is 9.39. The van der Waals surface area contributed by atoms with Crippen LogP contribution < -0.4 is 5.32 Å². The average Bonchev–Trinajstić information content (AvgIpc) is 2.78. The molecule has 0 saturated heterocycles. The summed E-state index contributed by atoms with van der Waals surface area (Å²) in [6.45, 7) is 4.12. The molecule has 2 N–H and O–H groups in total. The number of imidazole rings is 1. The monoisotopic (exact) mass is 239 g/mol. The third kappa shape index (κ3) is 2.81. The molecule has 88 valence electrons. The molecule has 16 heavy (non-hydrogen) atoms. The lowest BCUT2D eigenvalue weighted by molar-refractivity contribution is 0.260. The predicted molar refractivity (Wildman–Crippen MR) is 65.6 cm³/mol. The van der Waals surface area contributed by atoms with Gasteiger partial charge in [0.1, 0.15) is 0 Å². The summed E-state index contributed by atoms with van der Waals surface area (Å²) in [5.74, 6) is 0.508. The van der Waals surface area contributed by atoms with Crippen LogP contribution in [0.3, 0.4) is 0 Å². The number of nitrogens with zero attached hydrogens (tertiary/aromatic N) is 2. The molecule has 4 nitrogen and oxygen atoms in total. The molecule has 2 aromatic heterocycles. The Morgan fingerprint density at radius 3 is 3.25 bits per heavy atom. The zero-order chi connectivity index (χ0) is 11.4. The third-order valence-electron chi connectivity index (χ3n) is 2.56. The van der Waals surface area contributed by atoms with E-state index in [1.54, 1.807) is 11.3 Å². The second-order valence-corrected chi connectivity index (χ2v) is 4.95. The molecule has 1 unspecified atom stereocenters. The largest absolute Gasteiger partial charge is 0.396 e. The maximum Gasteiger partial charge on any atom is 0.193 e. The van der Waals surface area contributed by atoms with Gasteiger partial charge in [-0.25, -0.2) is 4.98 Å². The summed E-state index contributed by atoms with van der Waals surface area (Å²) < 4.78 is 2.04. The summed E-state index contributed by atoms with van der Waals surface area (Å²) in [6.07, 6.45) is 4.92. The summed E-state index contributed by atoms with van der Waals surface area (Å²) in [6, 6.07) is 0.